The number of carbonyl (C=O) groups is 1. The average molecular weight is 454 g/mol. The van der Waals surface area contributed by atoms with Gasteiger partial charge in [0, 0.05) is 23.5 Å². The van der Waals surface area contributed by atoms with E-state index in [1.54, 1.807) is 6.92 Å². The van der Waals surface area contributed by atoms with Gasteiger partial charge in [-0.25, -0.2) is 8.42 Å². The van der Waals surface area contributed by atoms with E-state index in [-0.39, 0.29) is 11.4 Å². The van der Waals surface area contributed by atoms with Crippen LogP contribution in [0.4, 0.5) is 5.00 Å². The van der Waals surface area contributed by atoms with Crippen LogP contribution in [-0.4, -0.2) is 25.2 Å². The van der Waals surface area contributed by atoms with Crippen LogP contribution >= 0.6 is 11.3 Å². The quantitative estimate of drug-likeness (QED) is 0.561. The van der Waals surface area contributed by atoms with Crippen molar-refractivity contribution in [3.63, 3.8) is 0 Å². The van der Waals surface area contributed by atoms with Gasteiger partial charge >= 0.3 is 0 Å². The summed E-state index contributed by atoms with van der Waals surface area (Å²) in [6, 6.07) is 17.4. The molecule has 1 heterocycles. The fraction of sp³-hybridized carbons (Fsp3) is 0.217. The zero-order valence-electron chi connectivity index (χ0n) is 17.5. The number of rotatable bonds is 7. The number of nitriles is 1. The molecule has 1 amide bonds. The van der Waals surface area contributed by atoms with Gasteiger partial charge in [-0.3, -0.25) is 4.79 Å². The van der Waals surface area contributed by atoms with E-state index in [0.29, 0.717) is 22.7 Å². The van der Waals surface area contributed by atoms with Crippen LogP contribution in [0.3, 0.4) is 0 Å². The standard InChI is InChI=1S/C23H23N3O3S2/c1-4-26(15-18-8-6-5-7-9-18)31(28,29)20-12-10-19(11-13-20)22(27)25-23-21(14-24)16(2)17(3)30-23/h5-13H,4,15H2,1-3H3,(H,25,27). The zero-order valence-corrected chi connectivity index (χ0v) is 19.2. The minimum atomic E-state index is -3.70. The zero-order chi connectivity index (χ0) is 22.6. The van der Waals surface area contributed by atoms with Crippen LogP contribution in [0.2, 0.25) is 0 Å². The van der Waals surface area contributed by atoms with Gasteiger partial charge in [-0.05, 0) is 49.2 Å². The van der Waals surface area contributed by atoms with Crippen LogP contribution in [0.15, 0.2) is 59.5 Å². The van der Waals surface area contributed by atoms with Crippen molar-refractivity contribution in [2.75, 3.05) is 11.9 Å². The first-order valence-corrected chi connectivity index (χ1v) is 12.0. The Morgan fingerprint density at radius 3 is 2.32 bits per heavy atom. The highest BCUT2D eigenvalue weighted by Crippen LogP contribution is 2.32. The summed E-state index contributed by atoms with van der Waals surface area (Å²) in [4.78, 5) is 13.7. The van der Waals surface area contributed by atoms with Crippen LogP contribution in [0.1, 0.15) is 38.8 Å². The van der Waals surface area contributed by atoms with Gasteiger partial charge in [0.25, 0.3) is 5.91 Å². The normalized spacial score (nSPS) is 11.3. The van der Waals surface area contributed by atoms with Crippen LogP contribution < -0.4 is 5.32 Å². The fourth-order valence-electron chi connectivity index (χ4n) is 3.11. The smallest absolute Gasteiger partial charge is 0.256 e. The molecular weight excluding hydrogens is 430 g/mol. The van der Waals surface area contributed by atoms with Gasteiger partial charge in [0.15, 0.2) is 0 Å². The van der Waals surface area contributed by atoms with E-state index in [0.717, 1.165) is 16.0 Å². The Balaban J connectivity index is 1.79. The van der Waals surface area contributed by atoms with E-state index in [4.69, 9.17) is 0 Å². The lowest BCUT2D eigenvalue weighted by Crippen LogP contribution is -2.30. The molecule has 1 N–H and O–H groups in total. The molecule has 0 unspecified atom stereocenters. The second kappa shape index (κ2) is 9.43. The van der Waals surface area contributed by atoms with Gasteiger partial charge in [0.1, 0.15) is 11.1 Å². The average Bonchev–Trinajstić information content (AvgIpc) is 3.04. The van der Waals surface area contributed by atoms with Gasteiger partial charge in [-0.1, -0.05) is 37.3 Å². The molecule has 2 aromatic carbocycles. The summed E-state index contributed by atoms with van der Waals surface area (Å²) in [6.07, 6.45) is 0. The van der Waals surface area contributed by atoms with Gasteiger partial charge < -0.3 is 5.32 Å². The van der Waals surface area contributed by atoms with Crippen LogP contribution in [0.5, 0.6) is 0 Å². The minimum absolute atomic E-state index is 0.127. The molecule has 8 heteroatoms. The maximum atomic E-state index is 13.1. The summed E-state index contributed by atoms with van der Waals surface area (Å²) < 4.78 is 27.5. The van der Waals surface area contributed by atoms with E-state index in [1.165, 1.54) is 39.9 Å². The summed E-state index contributed by atoms with van der Waals surface area (Å²) in [5.41, 5.74) is 2.52. The highest BCUT2D eigenvalue weighted by Gasteiger charge is 2.24. The highest BCUT2D eigenvalue weighted by molar-refractivity contribution is 7.89. The Morgan fingerprint density at radius 2 is 1.74 bits per heavy atom. The Morgan fingerprint density at radius 1 is 1.10 bits per heavy atom. The van der Waals surface area contributed by atoms with E-state index in [9.17, 15) is 18.5 Å². The lowest BCUT2D eigenvalue weighted by atomic mass is 10.2. The summed E-state index contributed by atoms with van der Waals surface area (Å²) in [6.45, 7) is 6.13. The number of thiophene rings is 1. The monoisotopic (exact) mass is 453 g/mol. The van der Waals surface area contributed by atoms with Crippen molar-refractivity contribution in [1.82, 2.24) is 4.31 Å². The molecule has 31 heavy (non-hydrogen) atoms. The third-order valence-electron chi connectivity index (χ3n) is 5.03. The van der Waals surface area contributed by atoms with Gasteiger partial charge in [0.05, 0.1) is 10.5 Å². The molecule has 0 bridgehead atoms. The van der Waals surface area contributed by atoms with Crippen molar-refractivity contribution in [3.05, 3.63) is 81.7 Å². The van der Waals surface area contributed by atoms with E-state index in [2.05, 4.69) is 11.4 Å². The predicted octanol–water partition coefficient (Wildman–Crippen LogP) is 4.70. The Labute approximate surface area is 186 Å². The Hall–Kier alpha value is -2.99. The summed E-state index contributed by atoms with van der Waals surface area (Å²) >= 11 is 1.35. The van der Waals surface area contributed by atoms with Crippen molar-refractivity contribution in [2.24, 2.45) is 0 Å². The Kier molecular flexibility index (Phi) is 6.91. The molecule has 0 aliphatic carbocycles. The molecule has 160 valence electrons. The molecule has 1 aromatic heterocycles. The van der Waals surface area contributed by atoms with Crippen LogP contribution in [0, 0.1) is 25.2 Å². The molecule has 0 aliphatic heterocycles. The molecule has 6 nitrogen and oxygen atoms in total. The van der Waals surface area contributed by atoms with Gasteiger partial charge in [0.2, 0.25) is 10.0 Å². The molecular formula is C23H23N3O3S2. The first kappa shape index (κ1) is 22.7. The first-order valence-electron chi connectivity index (χ1n) is 9.73. The largest absolute Gasteiger partial charge is 0.312 e. The molecule has 0 saturated heterocycles. The SMILES string of the molecule is CCN(Cc1ccccc1)S(=O)(=O)c1ccc(C(=O)Nc2sc(C)c(C)c2C#N)cc1. The number of anilines is 1. The molecule has 0 spiro atoms. The van der Waals surface area contributed by atoms with Gasteiger partial charge in [-0.15, -0.1) is 11.3 Å². The van der Waals surface area contributed by atoms with Crippen molar-refractivity contribution in [3.8, 4) is 6.07 Å². The number of nitrogens with zero attached hydrogens (tertiary/aromatic N) is 2. The van der Waals surface area contributed by atoms with E-state index in [1.807, 2.05) is 44.2 Å². The number of hydrogen-bond acceptors (Lipinski definition) is 5. The number of aryl methyl sites for hydroxylation is 1. The maximum absolute atomic E-state index is 13.1. The lowest BCUT2D eigenvalue weighted by molar-refractivity contribution is 0.102. The third kappa shape index (κ3) is 4.85. The second-order valence-electron chi connectivity index (χ2n) is 6.99. The molecule has 0 atom stereocenters. The molecule has 0 saturated carbocycles. The summed E-state index contributed by atoms with van der Waals surface area (Å²) in [7, 11) is -3.70. The number of benzene rings is 2. The molecule has 3 rings (SSSR count). The van der Waals surface area contributed by atoms with Gasteiger partial charge in [-0.2, -0.15) is 9.57 Å². The predicted molar refractivity (Wildman–Crippen MR) is 123 cm³/mol. The molecule has 3 aromatic rings. The molecule has 0 aliphatic rings. The van der Waals surface area contributed by atoms with E-state index >= 15 is 0 Å². The fourth-order valence-corrected chi connectivity index (χ4v) is 5.55. The summed E-state index contributed by atoms with van der Waals surface area (Å²) in [5, 5.41) is 12.6. The number of carbonyl (C=O) groups excluding carboxylic acids is 1. The van der Waals surface area contributed by atoms with Crippen molar-refractivity contribution >= 4 is 32.3 Å². The maximum Gasteiger partial charge on any atom is 0.256 e. The van der Waals surface area contributed by atoms with Crippen LogP contribution in [-0.2, 0) is 16.6 Å². The first-order chi connectivity index (χ1) is 14.8. The van der Waals surface area contributed by atoms with Crippen LogP contribution in [0.25, 0.3) is 0 Å². The second-order valence-corrected chi connectivity index (χ2v) is 10.2. The lowest BCUT2D eigenvalue weighted by Gasteiger charge is -2.20. The highest BCUT2D eigenvalue weighted by atomic mass is 32.2. The minimum Gasteiger partial charge on any atom is -0.312 e. The Bertz CT molecular complexity index is 1230. The van der Waals surface area contributed by atoms with Crippen molar-refractivity contribution in [2.45, 2.75) is 32.2 Å². The van der Waals surface area contributed by atoms with Crippen molar-refractivity contribution < 1.29 is 13.2 Å². The van der Waals surface area contributed by atoms with Crippen molar-refractivity contribution in [1.29, 1.82) is 5.26 Å². The third-order valence-corrected chi connectivity index (χ3v) is 8.09. The number of nitrogens with one attached hydrogen (secondary N) is 1. The van der Waals surface area contributed by atoms with E-state index < -0.39 is 15.9 Å². The topological polar surface area (TPSA) is 90.3 Å². The summed E-state index contributed by atoms with van der Waals surface area (Å²) in [5.74, 6) is -0.390. The molecule has 0 fully saturated rings. The number of sulfonamides is 1. The number of hydrogen-bond donors (Lipinski definition) is 1. The molecule has 0 radical (unpaired) electrons. The number of amides is 1.